The lowest BCUT2D eigenvalue weighted by molar-refractivity contribution is -0.116. The highest BCUT2D eigenvalue weighted by Crippen LogP contribution is 2.28. The second-order valence-corrected chi connectivity index (χ2v) is 6.37. The number of amides is 1. The second-order valence-electron chi connectivity index (χ2n) is 6.37. The molecule has 0 heterocycles. The molecule has 2 N–H and O–H groups in total. The summed E-state index contributed by atoms with van der Waals surface area (Å²) in [6.45, 7) is 13.7. The van der Waals surface area contributed by atoms with Crippen molar-refractivity contribution in [3.05, 3.63) is 29.3 Å². The first-order chi connectivity index (χ1) is 9.85. The van der Waals surface area contributed by atoms with Crippen LogP contribution in [0.4, 0.5) is 5.69 Å². The summed E-state index contributed by atoms with van der Waals surface area (Å²) in [5, 5.41) is 6.33. The van der Waals surface area contributed by atoms with Crippen molar-refractivity contribution in [2.45, 2.75) is 65.8 Å². The van der Waals surface area contributed by atoms with Crippen LogP contribution in [0, 0.1) is 0 Å². The van der Waals surface area contributed by atoms with Gasteiger partial charge in [-0.3, -0.25) is 4.79 Å². The lowest BCUT2D eigenvalue weighted by Gasteiger charge is -2.18. The Morgan fingerprint density at radius 3 is 2.29 bits per heavy atom. The van der Waals surface area contributed by atoms with Gasteiger partial charge >= 0.3 is 0 Å². The van der Waals surface area contributed by atoms with Gasteiger partial charge in [0.2, 0.25) is 5.91 Å². The van der Waals surface area contributed by atoms with Crippen molar-refractivity contribution in [2.24, 2.45) is 0 Å². The summed E-state index contributed by atoms with van der Waals surface area (Å²) in [4.78, 5) is 12.1. The van der Waals surface area contributed by atoms with Crippen LogP contribution in [0.25, 0.3) is 0 Å². The van der Waals surface area contributed by atoms with E-state index in [0.717, 1.165) is 12.2 Å². The lowest BCUT2D eigenvalue weighted by atomic mass is 9.94. The number of anilines is 1. The highest BCUT2D eigenvalue weighted by atomic mass is 16.1. The van der Waals surface area contributed by atoms with Crippen LogP contribution in [0.15, 0.2) is 18.2 Å². The molecule has 0 saturated heterocycles. The van der Waals surface area contributed by atoms with Crippen molar-refractivity contribution in [3.8, 4) is 0 Å². The van der Waals surface area contributed by atoms with E-state index in [0.29, 0.717) is 18.3 Å². The van der Waals surface area contributed by atoms with E-state index in [2.05, 4.69) is 57.4 Å². The summed E-state index contributed by atoms with van der Waals surface area (Å²) in [7, 11) is 0. The van der Waals surface area contributed by atoms with Gasteiger partial charge < -0.3 is 10.6 Å². The minimum absolute atomic E-state index is 0.0719. The Balaban J connectivity index is 2.85. The van der Waals surface area contributed by atoms with E-state index >= 15 is 0 Å². The molecule has 0 radical (unpaired) electrons. The van der Waals surface area contributed by atoms with E-state index in [-0.39, 0.29) is 11.9 Å². The molecule has 0 aliphatic heterocycles. The molecule has 0 spiro atoms. The molecule has 0 aliphatic rings. The summed E-state index contributed by atoms with van der Waals surface area (Å²) >= 11 is 0. The van der Waals surface area contributed by atoms with E-state index in [1.807, 2.05) is 13.0 Å². The van der Waals surface area contributed by atoms with Gasteiger partial charge in [-0.05, 0) is 42.5 Å². The minimum atomic E-state index is 0.0719. The third kappa shape index (κ3) is 5.50. The Labute approximate surface area is 129 Å². The van der Waals surface area contributed by atoms with Crippen LogP contribution in [-0.2, 0) is 4.79 Å². The smallest absolute Gasteiger partial charge is 0.225 e. The number of hydrogen-bond acceptors (Lipinski definition) is 2. The molecule has 0 aliphatic carbocycles. The summed E-state index contributed by atoms with van der Waals surface area (Å²) in [5.74, 6) is 0.967. The van der Waals surface area contributed by atoms with Gasteiger partial charge in [0.15, 0.2) is 0 Å². The van der Waals surface area contributed by atoms with Crippen LogP contribution >= 0.6 is 0 Å². The molecule has 1 atom stereocenters. The SMILES string of the molecule is CCNC(C)CC(=O)Nc1ccc(C(C)C)cc1C(C)C. The van der Waals surface area contributed by atoms with Crippen LogP contribution in [-0.4, -0.2) is 18.5 Å². The molecule has 1 aromatic carbocycles. The van der Waals surface area contributed by atoms with Gasteiger partial charge in [0.25, 0.3) is 0 Å². The number of benzene rings is 1. The average molecular weight is 290 g/mol. The summed E-state index contributed by atoms with van der Waals surface area (Å²) < 4.78 is 0. The minimum Gasteiger partial charge on any atom is -0.326 e. The van der Waals surface area contributed by atoms with Crippen molar-refractivity contribution in [3.63, 3.8) is 0 Å². The third-order valence-corrected chi connectivity index (χ3v) is 3.68. The quantitative estimate of drug-likeness (QED) is 0.787. The molecule has 0 fully saturated rings. The van der Waals surface area contributed by atoms with Crippen molar-refractivity contribution in [1.82, 2.24) is 5.32 Å². The molecule has 0 bridgehead atoms. The van der Waals surface area contributed by atoms with Crippen molar-refractivity contribution < 1.29 is 4.79 Å². The lowest BCUT2D eigenvalue weighted by Crippen LogP contribution is -2.30. The number of hydrogen-bond donors (Lipinski definition) is 2. The van der Waals surface area contributed by atoms with Crippen LogP contribution < -0.4 is 10.6 Å². The number of carbonyl (C=O) groups excluding carboxylic acids is 1. The summed E-state index contributed by atoms with van der Waals surface area (Å²) in [5.41, 5.74) is 3.48. The molecule has 0 saturated carbocycles. The molecule has 1 unspecified atom stereocenters. The fraction of sp³-hybridized carbons (Fsp3) is 0.611. The van der Waals surface area contributed by atoms with Crippen LogP contribution in [0.1, 0.15) is 70.9 Å². The molecular weight excluding hydrogens is 260 g/mol. The average Bonchev–Trinajstić information content (AvgIpc) is 2.38. The van der Waals surface area contributed by atoms with Crippen LogP contribution in [0.3, 0.4) is 0 Å². The maximum absolute atomic E-state index is 12.1. The molecule has 3 heteroatoms. The first kappa shape index (κ1) is 17.7. The molecule has 118 valence electrons. The first-order valence-electron chi connectivity index (χ1n) is 8.02. The Hall–Kier alpha value is -1.35. The van der Waals surface area contributed by atoms with Crippen molar-refractivity contribution in [2.75, 3.05) is 11.9 Å². The van der Waals surface area contributed by atoms with Gasteiger partial charge in [-0.1, -0.05) is 46.8 Å². The zero-order valence-corrected chi connectivity index (χ0v) is 14.3. The first-order valence-corrected chi connectivity index (χ1v) is 8.02. The third-order valence-electron chi connectivity index (χ3n) is 3.68. The second kappa shape index (κ2) is 8.18. The highest BCUT2D eigenvalue weighted by Gasteiger charge is 2.13. The van der Waals surface area contributed by atoms with Gasteiger partial charge in [0, 0.05) is 18.2 Å². The Morgan fingerprint density at radius 1 is 1.10 bits per heavy atom. The van der Waals surface area contributed by atoms with Crippen molar-refractivity contribution in [1.29, 1.82) is 0 Å². The molecule has 3 nitrogen and oxygen atoms in total. The molecule has 0 aromatic heterocycles. The van der Waals surface area contributed by atoms with E-state index in [1.54, 1.807) is 0 Å². The van der Waals surface area contributed by atoms with E-state index in [9.17, 15) is 4.79 Å². The summed E-state index contributed by atoms with van der Waals surface area (Å²) in [6, 6.07) is 6.58. The molecule has 21 heavy (non-hydrogen) atoms. The van der Waals surface area contributed by atoms with Gasteiger partial charge in [0.1, 0.15) is 0 Å². The largest absolute Gasteiger partial charge is 0.326 e. The maximum Gasteiger partial charge on any atom is 0.225 e. The van der Waals surface area contributed by atoms with Gasteiger partial charge in [-0.25, -0.2) is 0 Å². The fourth-order valence-electron chi connectivity index (χ4n) is 2.43. The standard InChI is InChI=1S/C18H30N2O/c1-7-19-14(6)10-18(21)20-17-9-8-15(12(2)3)11-16(17)13(4)5/h8-9,11-14,19H,7,10H2,1-6H3,(H,20,21). The maximum atomic E-state index is 12.1. The zero-order chi connectivity index (χ0) is 16.0. The van der Waals surface area contributed by atoms with E-state index < -0.39 is 0 Å². The monoisotopic (exact) mass is 290 g/mol. The van der Waals surface area contributed by atoms with Gasteiger partial charge in [-0.15, -0.1) is 0 Å². The van der Waals surface area contributed by atoms with Crippen LogP contribution in [0.5, 0.6) is 0 Å². The van der Waals surface area contributed by atoms with Crippen molar-refractivity contribution >= 4 is 11.6 Å². The predicted molar refractivity (Wildman–Crippen MR) is 91.0 cm³/mol. The highest BCUT2D eigenvalue weighted by molar-refractivity contribution is 5.92. The molecule has 1 rings (SSSR count). The summed E-state index contributed by atoms with van der Waals surface area (Å²) in [6.07, 6.45) is 0.497. The topological polar surface area (TPSA) is 41.1 Å². The molecule has 1 amide bonds. The van der Waals surface area contributed by atoms with E-state index in [4.69, 9.17) is 0 Å². The normalized spacial score (nSPS) is 12.8. The number of rotatable bonds is 7. The zero-order valence-electron chi connectivity index (χ0n) is 14.3. The van der Waals surface area contributed by atoms with Crippen LogP contribution in [0.2, 0.25) is 0 Å². The predicted octanol–water partition coefficient (Wildman–Crippen LogP) is 4.26. The molecular formula is C18H30N2O. The van der Waals surface area contributed by atoms with Gasteiger partial charge in [0.05, 0.1) is 0 Å². The fourth-order valence-corrected chi connectivity index (χ4v) is 2.43. The van der Waals surface area contributed by atoms with Gasteiger partial charge in [-0.2, -0.15) is 0 Å². The Bertz CT molecular complexity index is 466. The molecule has 1 aromatic rings. The number of nitrogens with one attached hydrogen (secondary N) is 2. The Morgan fingerprint density at radius 2 is 1.76 bits per heavy atom. The Kier molecular flexibility index (Phi) is 6.90. The van der Waals surface area contributed by atoms with E-state index in [1.165, 1.54) is 11.1 Å². The number of carbonyl (C=O) groups is 1.